The standard InChI is InChI=1S/C35H36Cl2N2O4/c1-21(40)42-30-12-13-31-33-24(30)20-29-25-9-11-28(38(2)32(41)19-23-8-10-26(36)27(37)18-23)34(43-31)35(25,33)15-17-39(29)16-14-22-6-4-3-5-7-22/h3-8,10,12-13,18,25,28-29,34H,9,11,14-17,19-20H2,1-2H3/t25-,28+,29+,34-,35-/m0/s1. The Morgan fingerprint density at radius 3 is 2.63 bits per heavy atom. The molecule has 8 heteroatoms. The molecule has 0 aromatic heterocycles. The predicted octanol–water partition coefficient (Wildman–Crippen LogP) is 6.27. The second kappa shape index (κ2) is 11.1. The van der Waals surface area contributed by atoms with E-state index in [0.717, 1.165) is 62.1 Å². The minimum Gasteiger partial charge on any atom is -0.487 e. The summed E-state index contributed by atoms with van der Waals surface area (Å²) in [5.41, 5.74) is 4.27. The smallest absolute Gasteiger partial charge is 0.308 e. The number of nitrogens with zero attached hydrogens (tertiary/aromatic N) is 2. The molecule has 2 aliphatic heterocycles. The third kappa shape index (κ3) is 4.83. The van der Waals surface area contributed by atoms with Crippen LogP contribution in [0.3, 0.4) is 0 Å². The van der Waals surface area contributed by atoms with E-state index in [4.69, 9.17) is 32.7 Å². The van der Waals surface area contributed by atoms with Crippen LogP contribution in [0.4, 0.5) is 0 Å². The van der Waals surface area contributed by atoms with Crippen LogP contribution < -0.4 is 9.47 Å². The fourth-order valence-electron chi connectivity index (χ4n) is 8.57. The molecule has 2 heterocycles. The number of likely N-dealkylation sites (N-methyl/N-ethyl adjacent to an activating group) is 1. The summed E-state index contributed by atoms with van der Waals surface area (Å²) in [5, 5.41) is 0.929. The quantitative estimate of drug-likeness (QED) is 0.231. The summed E-state index contributed by atoms with van der Waals surface area (Å²) in [4.78, 5) is 30.4. The maximum atomic E-state index is 13.7. The van der Waals surface area contributed by atoms with E-state index in [-0.39, 0.29) is 35.9 Å². The largest absolute Gasteiger partial charge is 0.487 e. The van der Waals surface area contributed by atoms with Gasteiger partial charge in [0, 0.05) is 43.1 Å². The van der Waals surface area contributed by atoms with Gasteiger partial charge in [-0.05, 0) is 80.0 Å². The predicted molar refractivity (Wildman–Crippen MR) is 167 cm³/mol. The summed E-state index contributed by atoms with van der Waals surface area (Å²) in [6.07, 6.45) is 4.76. The van der Waals surface area contributed by atoms with E-state index in [1.807, 2.05) is 30.1 Å². The fraction of sp³-hybridized carbons (Fsp3) is 0.429. The molecule has 2 fully saturated rings. The second-order valence-corrected chi connectivity index (χ2v) is 13.4. The summed E-state index contributed by atoms with van der Waals surface area (Å²) in [5.74, 6) is 1.65. The molecule has 3 aromatic carbocycles. The second-order valence-electron chi connectivity index (χ2n) is 12.6. The Labute approximate surface area is 262 Å². The van der Waals surface area contributed by atoms with Gasteiger partial charge in [0.05, 0.1) is 22.5 Å². The van der Waals surface area contributed by atoms with Crippen LogP contribution in [0.25, 0.3) is 0 Å². The van der Waals surface area contributed by atoms with E-state index in [0.29, 0.717) is 27.8 Å². The van der Waals surface area contributed by atoms with Crippen LogP contribution in [-0.4, -0.2) is 60.0 Å². The van der Waals surface area contributed by atoms with Crippen molar-refractivity contribution in [3.8, 4) is 11.5 Å². The lowest BCUT2D eigenvalue weighted by Crippen LogP contribution is -2.69. The molecular formula is C35H36Cl2N2O4. The van der Waals surface area contributed by atoms with Gasteiger partial charge < -0.3 is 14.4 Å². The van der Waals surface area contributed by atoms with Crippen LogP contribution in [0.15, 0.2) is 60.7 Å². The van der Waals surface area contributed by atoms with Crippen molar-refractivity contribution < 1.29 is 19.1 Å². The summed E-state index contributed by atoms with van der Waals surface area (Å²) >= 11 is 12.4. The highest BCUT2D eigenvalue weighted by Crippen LogP contribution is 2.63. The molecule has 224 valence electrons. The van der Waals surface area contributed by atoms with Gasteiger partial charge >= 0.3 is 5.97 Å². The van der Waals surface area contributed by atoms with E-state index in [2.05, 4.69) is 35.2 Å². The van der Waals surface area contributed by atoms with Crippen LogP contribution in [0.5, 0.6) is 11.5 Å². The average molecular weight is 620 g/mol. The normalized spacial score (nSPS) is 26.8. The number of esters is 1. The lowest BCUT2D eigenvalue weighted by molar-refractivity contribution is -0.139. The van der Waals surface area contributed by atoms with Crippen molar-refractivity contribution in [3.05, 3.63) is 93.0 Å². The van der Waals surface area contributed by atoms with Crippen LogP contribution >= 0.6 is 23.2 Å². The molecule has 0 unspecified atom stereocenters. The molecule has 1 saturated carbocycles. The number of hydrogen-bond acceptors (Lipinski definition) is 5. The summed E-state index contributed by atoms with van der Waals surface area (Å²) in [6.45, 7) is 3.41. The van der Waals surface area contributed by atoms with Gasteiger partial charge in [0.1, 0.15) is 17.6 Å². The van der Waals surface area contributed by atoms with Crippen molar-refractivity contribution in [1.29, 1.82) is 0 Å². The van der Waals surface area contributed by atoms with Crippen LogP contribution in [0.2, 0.25) is 10.0 Å². The van der Waals surface area contributed by atoms with Gasteiger partial charge in [-0.2, -0.15) is 0 Å². The topological polar surface area (TPSA) is 59.1 Å². The molecular weight excluding hydrogens is 583 g/mol. The van der Waals surface area contributed by atoms with Crippen LogP contribution in [0, 0.1) is 5.92 Å². The number of carbonyl (C=O) groups excluding carboxylic acids is 2. The molecule has 7 rings (SSSR count). The van der Waals surface area contributed by atoms with Crippen molar-refractivity contribution >= 4 is 35.1 Å². The number of ether oxygens (including phenoxy) is 2. The Kier molecular flexibility index (Phi) is 7.43. The van der Waals surface area contributed by atoms with Gasteiger partial charge in [-0.25, -0.2) is 0 Å². The van der Waals surface area contributed by atoms with E-state index in [1.54, 1.807) is 12.1 Å². The van der Waals surface area contributed by atoms with E-state index >= 15 is 0 Å². The highest BCUT2D eigenvalue weighted by atomic mass is 35.5. The minimum atomic E-state index is -0.313. The Balaban J connectivity index is 1.22. The molecule has 3 aromatic rings. The number of hydrogen-bond donors (Lipinski definition) is 0. The molecule has 4 aliphatic rings. The van der Waals surface area contributed by atoms with Gasteiger partial charge in [0.15, 0.2) is 0 Å². The maximum absolute atomic E-state index is 13.7. The van der Waals surface area contributed by atoms with Crippen molar-refractivity contribution in [2.45, 2.75) is 69.1 Å². The summed E-state index contributed by atoms with van der Waals surface area (Å²) in [6, 6.07) is 20.1. The Hall–Kier alpha value is -3.06. The number of benzene rings is 3. The Morgan fingerprint density at radius 2 is 1.86 bits per heavy atom. The van der Waals surface area contributed by atoms with Gasteiger partial charge in [-0.3, -0.25) is 14.5 Å². The highest BCUT2D eigenvalue weighted by Gasteiger charge is 2.66. The minimum absolute atomic E-state index is 0.0336. The average Bonchev–Trinajstić information content (AvgIpc) is 3.33. The van der Waals surface area contributed by atoms with E-state index in [9.17, 15) is 9.59 Å². The number of rotatable bonds is 7. The first-order valence-corrected chi connectivity index (χ1v) is 16.0. The first-order valence-electron chi connectivity index (χ1n) is 15.2. The van der Waals surface area contributed by atoms with E-state index in [1.165, 1.54) is 18.1 Å². The maximum Gasteiger partial charge on any atom is 0.308 e. The molecule has 2 aliphatic carbocycles. The molecule has 43 heavy (non-hydrogen) atoms. The molecule has 2 bridgehead atoms. The van der Waals surface area contributed by atoms with Crippen molar-refractivity contribution in [2.75, 3.05) is 20.1 Å². The third-order valence-electron chi connectivity index (χ3n) is 10.4. The van der Waals surface area contributed by atoms with Gasteiger partial charge in [0.2, 0.25) is 5.91 Å². The molecule has 1 saturated heterocycles. The third-order valence-corrected chi connectivity index (χ3v) is 11.2. The fourth-order valence-corrected chi connectivity index (χ4v) is 8.89. The van der Waals surface area contributed by atoms with Gasteiger partial charge in [-0.15, -0.1) is 0 Å². The molecule has 0 N–H and O–H groups in total. The molecule has 6 nitrogen and oxygen atoms in total. The van der Waals surface area contributed by atoms with Crippen molar-refractivity contribution in [1.82, 2.24) is 9.80 Å². The Bertz CT molecular complexity index is 1580. The zero-order chi connectivity index (χ0) is 29.9. The van der Waals surface area contributed by atoms with Crippen LogP contribution in [0.1, 0.15) is 48.4 Å². The number of halogens is 2. The highest BCUT2D eigenvalue weighted by molar-refractivity contribution is 6.42. The van der Waals surface area contributed by atoms with Gasteiger partial charge in [0.25, 0.3) is 0 Å². The number of likely N-dealkylation sites (tertiary alicyclic amines) is 1. The van der Waals surface area contributed by atoms with Crippen molar-refractivity contribution in [2.24, 2.45) is 5.92 Å². The SMILES string of the molecule is CC(=O)Oc1ccc2c3c1C[C@@H]1[C@@H]4CC[C@@H](N(C)C(=O)Cc5ccc(Cl)c(Cl)c5)[C@H](O2)[C@]34CCN1CCc1ccccc1. The number of piperidine rings is 1. The first kappa shape index (κ1) is 28.7. The zero-order valence-corrected chi connectivity index (χ0v) is 26.0. The van der Waals surface area contributed by atoms with Crippen molar-refractivity contribution in [3.63, 3.8) is 0 Å². The molecule has 0 radical (unpaired) electrons. The monoisotopic (exact) mass is 618 g/mol. The molecule has 1 spiro atoms. The Morgan fingerprint density at radius 1 is 1.05 bits per heavy atom. The lowest BCUT2D eigenvalue weighted by Gasteiger charge is -2.60. The number of carbonyl (C=O) groups is 2. The summed E-state index contributed by atoms with van der Waals surface area (Å²) in [7, 11) is 1.91. The zero-order valence-electron chi connectivity index (χ0n) is 24.5. The van der Waals surface area contributed by atoms with Crippen LogP contribution in [-0.2, 0) is 34.3 Å². The summed E-state index contributed by atoms with van der Waals surface area (Å²) < 4.78 is 12.7. The lowest BCUT2D eigenvalue weighted by atomic mass is 9.51. The molecule has 5 atom stereocenters. The molecule has 1 amide bonds. The van der Waals surface area contributed by atoms with Gasteiger partial charge in [-0.1, -0.05) is 59.6 Å². The number of amides is 1. The first-order chi connectivity index (χ1) is 20.8. The van der Waals surface area contributed by atoms with E-state index < -0.39 is 0 Å².